The summed E-state index contributed by atoms with van der Waals surface area (Å²) in [5, 5.41) is 2.37. The van der Waals surface area contributed by atoms with E-state index >= 15 is 0 Å². The van der Waals surface area contributed by atoms with Gasteiger partial charge in [-0.2, -0.15) is 9.13 Å². The predicted octanol–water partition coefficient (Wildman–Crippen LogP) is 11.6. The summed E-state index contributed by atoms with van der Waals surface area (Å²) >= 11 is 0. The molecule has 0 aliphatic carbocycles. The van der Waals surface area contributed by atoms with E-state index in [1.165, 1.54) is 21.9 Å². The summed E-state index contributed by atoms with van der Waals surface area (Å²) in [6, 6.07) is 44.8. The molecule has 5 heteroatoms. The highest BCUT2D eigenvalue weighted by Gasteiger charge is 2.22. The highest BCUT2D eigenvalue weighted by Crippen LogP contribution is 2.38. The van der Waals surface area contributed by atoms with Crippen LogP contribution in [0.4, 0.5) is 0 Å². The first-order valence-electron chi connectivity index (χ1n) is 17.0. The van der Waals surface area contributed by atoms with Gasteiger partial charge in [0.1, 0.15) is 28.7 Å². The summed E-state index contributed by atoms with van der Waals surface area (Å²) in [7, 11) is 0. The summed E-state index contributed by atoms with van der Waals surface area (Å²) < 4.78 is 13.4. The van der Waals surface area contributed by atoms with Crippen LogP contribution in [0.15, 0.2) is 140 Å². The summed E-state index contributed by atoms with van der Waals surface area (Å²) in [5.74, 6) is 2.45. The number of aromatic nitrogens is 4. The van der Waals surface area contributed by atoms with Crippen molar-refractivity contribution in [3.05, 3.63) is 151 Å². The summed E-state index contributed by atoms with van der Waals surface area (Å²) in [6.45, 7) is 13.5. The second-order valence-electron chi connectivity index (χ2n) is 14.9. The van der Waals surface area contributed by atoms with Crippen molar-refractivity contribution in [1.82, 2.24) is 18.7 Å². The van der Waals surface area contributed by atoms with E-state index in [-0.39, 0.29) is 10.8 Å². The van der Waals surface area contributed by atoms with Gasteiger partial charge in [-0.1, -0.05) is 84.0 Å². The molecule has 3 heterocycles. The van der Waals surface area contributed by atoms with Crippen molar-refractivity contribution >= 4 is 32.8 Å². The van der Waals surface area contributed by atoms with Gasteiger partial charge in [0.15, 0.2) is 17.4 Å². The third-order valence-corrected chi connectivity index (χ3v) is 9.44. The van der Waals surface area contributed by atoms with Crippen LogP contribution < -0.4 is 4.74 Å². The molecule has 0 atom stereocenters. The zero-order valence-electron chi connectivity index (χ0n) is 29.0. The monoisotopic (exact) mass is 641 g/mol. The Morgan fingerprint density at radius 2 is 1.10 bits per heavy atom. The molecule has 0 aliphatic rings. The van der Waals surface area contributed by atoms with Gasteiger partial charge in [-0.15, -0.1) is 0 Å². The normalized spacial score (nSPS) is 12.3. The lowest BCUT2D eigenvalue weighted by atomic mass is 9.86. The molecule has 49 heavy (non-hydrogen) atoms. The van der Waals surface area contributed by atoms with Crippen molar-refractivity contribution in [2.45, 2.75) is 52.4 Å². The molecule has 0 bridgehead atoms. The second-order valence-corrected chi connectivity index (χ2v) is 14.9. The standard InChI is InChI=1S/C44H41N4O/c1-43(2,3)30-19-21-36-37-22-20-35(28-41(37)48(40(36)25-30)42-26-31(23-24-45-42)44(4,5)6)49-34-16-12-15-33(27-34)47-29-46(32-13-8-7-9-14-32)38-17-10-11-18-39(38)47/h7-29H,1-6H3/q+1. The summed E-state index contributed by atoms with van der Waals surface area (Å²) in [6.07, 6.45) is 4.08. The first-order valence-corrected chi connectivity index (χ1v) is 17.0. The van der Waals surface area contributed by atoms with Gasteiger partial charge < -0.3 is 4.74 Å². The maximum Gasteiger partial charge on any atom is 0.168 e. The van der Waals surface area contributed by atoms with Crippen LogP contribution in [-0.2, 0) is 10.8 Å². The van der Waals surface area contributed by atoms with Gasteiger partial charge in [0, 0.05) is 41.2 Å². The number of hydrogen-bond donors (Lipinski definition) is 0. The lowest BCUT2D eigenvalue weighted by molar-refractivity contribution is 0.483. The molecule has 5 nitrogen and oxygen atoms in total. The summed E-state index contributed by atoms with van der Waals surface area (Å²) in [4.78, 5) is 4.91. The quantitative estimate of drug-likeness (QED) is 0.175. The molecule has 8 aromatic rings. The van der Waals surface area contributed by atoms with E-state index in [2.05, 4.69) is 177 Å². The largest absolute Gasteiger partial charge is 0.456 e. The number of pyridine rings is 1. The van der Waals surface area contributed by atoms with E-state index in [1.54, 1.807) is 0 Å². The molecule has 0 amide bonds. The van der Waals surface area contributed by atoms with Crippen molar-refractivity contribution in [2.75, 3.05) is 0 Å². The Labute approximate surface area is 287 Å². The number of imidazole rings is 1. The van der Waals surface area contributed by atoms with Crippen LogP contribution in [0.5, 0.6) is 11.5 Å². The van der Waals surface area contributed by atoms with Crippen LogP contribution in [0.1, 0.15) is 52.7 Å². The van der Waals surface area contributed by atoms with Crippen LogP contribution in [0.3, 0.4) is 0 Å². The highest BCUT2D eigenvalue weighted by atomic mass is 16.5. The number of fused-ring (bicyclic) bond motifs is 4. The fourth-order valence-corrected chi connectivity index (χ4v) is 6.73. The second kappa shape index (κ2) is 11.5. The number of nitrogens with zero attached hydrogens (tertiary/aromatic N) is 4. The topological polar surface area (TPSA) is 36.9 Å². The van der Waals surface area contributed by atoms with E-state index in [0.29, 0.717) is 0 Å². The van der Waals surface area contributed by atoms with Crippen molar-refractivity contribution in [3.63, 3.8) is 0 Å². The molecule has 5 aromatic carbocycles. The van der Waals surface area contributed by atoms with Crippen molar-refractivity contribution in [3.8, 4) is 28.7 Å². The van der Waals surface area contributed by atoms with Crippen LogP contribution in [-0.4, -0.2) is 18.7 Å². The molecule has 0 saturated carbocycles. The number of rotatable bonds is 5. The average molecular weight is 642 g/mol. The minimum Gasteiger partial charge on any atom is -0.456 e. The molecule has 0 aliphatic heterocycles. The fourth-order valence-electron chi connectivity index (χ4n) is 6.73. The molecule has 0 radical (unpaired) electrons. The van der Waals surface area contributed by atoms with Gasteiger partial charge in [0.2, 0.25) is 0 Å². The van der Waals surface area contributed by atoms with E-state index in [4.69, 9.17) is 9.72 Å². The maximum absolute atomic E-state index is 6.64. The number of benzene rings is 5. The van der Waals surface area contributed by atoms with Gasteiger partial charge in [-0.25, -0.2) is 4.98 Å². The smallest absolute Gasteiger partial charge is 0.168 e. The van der Waals surface area contributed by atoms with Crippen LogP contribution >= 0.6 is 0 Å². The van der Waals surface area contributed by atoms with Crippen LogP contribution in [0.25, 0.3) is 50.0 Å². The van der Waals surface area contributed by atoms with Crippen molar-refractivity contribution < 1.29 is 4.74 Å². The Morgan fingerprint density at radius 3 is 1.82 bits per heavy atom. The first-order chi connectivity index (χ1) is 23.5. The molecule has 8 rings (SSSR count). The zero-order chi connectivity index (χ0) is 33.9. The molecule has 0 fully saturated rings. The van der Waals surface area contributed by atoms with Gasteiger partial charge in [0.05, 0.1) is 11.0 Å². The van der Waals surface area contributed by atoms with Gasteiger partial charge in [-0.3, -0.25) is 4.57 Å². The van der Waals surface area contributed by atoms with Crippen molar-refractivity contribution in [1.29, 1.82) is 0 Å². The minimum absolute atomic E-state index is 0.00226. The lowest BCUT2D eigenvalue weighted by Gasteiger charge is -2.21. The van der Waals surface area contributed by atoms with E-state index in [9.17, 15) is 0 Å². The number of para-hydroxylation sites is 3. The maximum atomic E-state index is 6.64. The molecular weight excluding hydrogens is 601 g/mol. The van der Waals surface area contributed by atoms with E-state index in [1.807, 2.05) is 18.3 Å². The Kier molecular flexibility index (Phi) is 7.18. The lowest BCUT2D eigenvalue weighted by Crippen LogP contribution is -2.12. The first kappa shape index (κ1) is 30.6. The molecular formula is C44H41N4O+. The highest BCUT2D eigenvalue weighted by molar-refractivity contribution is 6.09. The van der Waals surface area contributed by atoms with Gasteiger partial charge in [-0.05, 0) is 82.6 Å². The van der Waals surface area contributed by atoms with E-state index in [0.717, 1.165) is 50.8 Å². The number of hydrogen-bond acceptors (Lipinski definition) is 2. The Bertz CT molecular complexity index is 2490. The molecule has 3 aromatic heterocycles. The Morgan fingerprint density at radius 1 is 0.510 bits per heavy atom. The average Bonchev–Trinajstić information content (AvgIpc) is 3.64. The third-order valence-electron chi connectivity index (χ3n) is 9.44. The van der Waals surface area contributed by atoms with Crippen molar-refractivity contribution in [2.24, 2.45) is 0 Å². The SMILES string of the molecule is CC(C)(C)c1ccnc(-n2c3cc(Oc4cccc(-n5[cH+]n(-c6ccccc6)c6ccccc65)c4)ccc3c3ccc(C(C)(C)C)cc32)c1. The van der Waals surface area contributed by atoms with Crippen LogP contribution in [0, 0.1) is 0 Å². The predicted molar refractivity (Wildman–Crippen MR) is 203 cm³/mol. The molecule has 0 N–H and O–H groups in total. The zero-order valence-corrected chi connectivity index (χ0v) is 29.0. The Balaban J connectivity index is 1.24. The van der Waals surface area contributed by atoms with Crippen LogP contribution in [0.2, 0.25) is 0 Å². The van der Waals surface area contributed by atoms with Gasteiger partial charge >= 0.3 is 0 Å². The summed E-state index contributed by atoms with van der Waals surface area (Å²) in [5.41, 5.74) is 9.15. The third kappa shape index (κ3) is 5.55. The molecule has 0 spiro atoms. The molecule has 0 unspecified atom stereocenters. The fraction of sp³-hybridized carbons (Fsp3) is 0.182. The minimum atomic E-state index is -0.00226. The molecule has 0 saturated heterocycles. The Hall–Kier alpha value is -5.68. The van der Waals surface area contributed by atoms with E-state index < -0.39 is 0 Å². The number of ether oxygens (including phenoxy) is 1. The van der Waals surface area contributed by atoms with Gasteiger partial charge in [0.25, 0.3) is 0 Å². The molecule has 242 valence electrons.